The number of ether oxygens (including phenoxy) is 2. The van der Waals surface area contributed by atoms with E-state index < -0.39 is 10.0 Å². The number of aromatic nitrogens is 1. The number of hydrogen-bond acceptors (Lipinski definition) is 5. The Hall–Kier alpha value is -1.74. The molecule has 2 aliphatic rings. The van der Waals surface area contributed by atoms with E-state index >= 15 is 0 Å². The molecule has 4 rings (SSSR count). The van der Waals surface area contributed by atoms with Crippen molar-refractivity contribution in [3.05, 3.63) is 40.2 Å². The molecule has 1 aromatic heterocycles. The molecule has 2 N–H and O–H groups in total. The lowest BCUT2D eigenvalue weighted by Gasteiger charge is -2.47. The number of hydrogen-bond donors (Lipinski definition) is 2. The summed E-state index contributed by atoms with van der Waals surface area (Å²) < 4.78 is 39.7. The fourth-order valence-corrected chi connectivity index (χ4v) is 5.58. The molecule has 1 aliphatic heterocycles. The van der Waals surface area contributed by atoms with Gasteiger partial charge in [0.2, 0.25) is 15.6 Å². The van der Waals surface area contributed by atoms with Gasteiger partial charge in [-0.25, -0.2) is 13.1 Å². The van der Waals surface area contributed by atoms with Crippen molar-refractivity contribution in [1.82, 2.24) is 9.71 Å². The Labute approximate surface area is 151 Å². The fraction of sp³-hybridized carbons (Fsp3) is 0.500. The standard InChI is InChI=1S/C18H22N2O5S/c1-10-7-16(21)19-15-4-3-11(8-13(10)15)26(22,23)20-17-12-5-6-25-18(12)14(17)9-24-2/h3-4,7-8,12,14,17-18,20H,5-6,9H2,1-2H3,(H,19,21)/t12-,14+,17-,18-/m0/s1. The zero-order chi connectivity index (χ0) is 18.5. The molecule has 0 spiro atoms. The number of pyridine rings is 1. The Balaban J connectivity index is 1.64. The van der Waals surface area contributed by atoms with Crippen LogP contribution >= 0.6 is 0 Å². The highest BCUT2D eigenvalue weighted by atomic mass is 32.2. The summed E-state index contributed by atoms with van der Waals surface area (Å²) in [6, 6.07) is 6.04. The second-order valence-corrected chi connectivity index (χ2v) is 8.79. The molecule has 0 bridgehead atoms. The number of nitrogens with one attached hydrogen (secondary N) is 2. The topological polar surface area (TPSA) is 97.5 Å². The minimum atomic E-state index is -3.68. The minimum absolute atomic E-state index is 0.0285. The summed E-state index contributed by atoms with van der Waals surface area (Å²) in [5.74, 6) is 0.226. The maximum absolute atomic E-state index is 12.9. The lowest BCUT2D eigenvalue weighted by atomic mass is 9.68. The molecular weight excluding hydrogens is 356 g/mol. The molecule has 1 aromatic carbocycles. The van der Waals surface area contributed by atoms with Gasteiger partial charge >= 0.3 is 0 Å². The van der Waals surface area contributed by atoms with Crippen LogP contribution in [0.25, 0.3) is 10.9 Å². The highest BCUT2D eigenvalue weighted by Crippen LogP contribution is 2.44. The maximum atomic E-state index is 12.9. The van der Waals surface area contributed by atoms with Crippen LogP contribution in [0.1, 0.15) is 12.0 Å². The summed E-state index contributed by atoms with van der Waals surface area (Å²) in [5.41, 5.74) is 1.16. The summed E-state index contributed by atoms with van der Waals surface area (Å²) in [4.78, 5) is 14.5. The smallest absolute Gasteiger partial charge is 0.248 e. The first-order valence-corrected chi connectivity index (χ1v) is 10.2. The van der Waals surface area contributed by atoms with Crippen molar-refractivity contribution in [1.29, 1.82) is 0 Å². The first-order valence-electron chi connectivity index (χ1n) is 8.67. The van der Waals surface area contributed by atoms with Crippen molar-refractivity contribution in [3.63, 3.8) is 0 Å². The Bertz CT molecular complexity index is 1000. The van der Waals surface area contributed by atoms with Gasteiger partial charge in [0, 0.05) is 48.6 Å². The van der Waals surface area contributed by atoms with Gasteiger partial charge in [-0.1, -0.05) is 0 Å². The van der Waals surface area contributed by atoms with E-state index in [9.17, 15) is 13.2 Å². The van der Waals surface area contributed by atoms with Crippen molar-refractivity contribution in [3.8, 4) is 0 Å². The Morgan fingerprint density at radius 3 is 2.92 bits per heavy atom. The van der Waals surface area contributed by atoms with Gasteiger partial charge in [0.05, 0.1) is 17.6 Å². The largest absolute Gasteiger partial charge is 0.384 e. The highest BCUT2D eigenvalue weighted by molar-refractivity contribution is 7.89. The van der Waals surface area contributed by atoms with Crippen molar-refractivity contribution < 1.29 is 17.9 Å². The van der Waals surface area contributed by atoms with Gasteiger partial charge < -0.3 is 14.5 Å². The molecule has 0 unspecified atom stereocenters. The van der Waals surface area contributed by atoms with Crippen LogP contribution in [0.2, 0.25) is 0 Å². The molecule has 2 aromatic rings. The third-order valence-corrected chi connectivity index (χ3v) is 6.97. The molecule has 0 amide bonds. The summed E-state index contributed by atoms with van der Waals surface area (Å²) in [7, 11) is -2.07. The van der Waals surface area contributed by atoms with Gasteiger partial charge in [-0.05, 0) is 37.1 Å². The molecule has 0 radical (unpaired) electrons. The van der Waals surface area contributed by atoms with E-state index in [1.807, 2.05) is 0 Å². The number of aromatic amines is 1. The first kappa shape index (κ1) is 17.7. The normalized spacial score (nSPS) is 28.1. The number of benzene rings is 1. The van der Waals surface area contributed by atoms with Crippen LogP contribution in [0.5, 0.6) is 0 Å². The van der Waals surface area contributed by atoms with Crippen LogP contribution in [-0.4, -0.2) is 45.9 Å². The first-order chi connectivity index (χ1) is 12.4. The van der Waals surface area contributed by atoms with Gasteiger partial charge in [-0.3, -0.25) is 4.79 Å². The van der Waals surface area contributed by atoms with Crippen molar-refractivity contribution in [2.45, 2.75) is 30.4 Å². The zero-order valence-corrected chi connectivity index (χ0v) is 15.5. The van der Waals surface area contributed by atoms with Gasteiger partial charge in [0.25, 0.3) is 0 Å². The molecule has 1 saturated heterocycles. The SMILES string of the molecule is COC[C@@H]1[C@@H](NS(=O)(=O)c2ccc3[nH]c(=O)cc(C)c3c2)[C@@H]2CCO[C@H]12. The summed E-state index contributed by atoms with van der Waals surface area (Å²) >= 11 is 0. The van der Waals surface area contributed by atoms with E-state index in [2.05, 4.69) is 9.71 Å². The quantitative estimate of drug-likeness (QED) is 0.814. The predicted molar refractivity (Wildman–Crippen MR) is 96.6 cm³/mol. The molecule has 1 saturated carbocycles. The van der Waals surface area contributed by atoms with Crippen LogP contribution in [-0.2, 0) is 19.5 Å². The summed E-state index contributed by atoms with van der Waals surface area (Å²) in [6.07, 6.45) is 0.933. The third kappa shape index (κ3) is 2.87. The van der Waals surface area contributed by atoms with Crippen LogP contribution in [0.4, 0.5) is 0 Å². The average molecular weight is 378 g/mol. The van der Waals surface area contributed by atoms with Crippen molar-refractivity contribution >= 4 is 20.9 Å². The Morgan fingerprint density at radius 2 is 2.15 bits per heavy atom. The number of methoxy groups -OCH3 is 1. The van der Waals surface area contributed by atoms with Gasteiger partial charge in [-0.15, -0.1) is 0 Å². The lowest BCUT2D eigenvalue weighted by molar-refractivity contribution is -0.0775. The number of H-pyrrole nitrogens is 1. The van der Waals surface area contributed by atoms with Crippen molar-refractivity contribution in [2.24, 2.45) is 11.8 Å². The molecule has 140 valence electrons. The highest BCUT2D eigenvalue weighted by Gasteiger charge is 2.54. The van der Waals surface area contributed by atoms with E-state index in [-0.39, 0.29) is 34.4 Å². The Kier molecular flexibility index (Phi) is 4.38. The van der Waals surface area contributed by atoms with Crippen LogP contribution in [0, 0.1) is 18.8 Å². The third-order valence-electron chi connectivity index (χ3n) is 5.51. The van der Waals surface area contributed by atoms with E-state index in [1.165, 1.54) is 12.1 Å². The lowest BCUT2D eigenvalue weighted by Crippen LogP contribution is -2.62. The maximum Gasteiger partial charge on any atom is 0.248 e. The van der Waals surface area contributed by atoms with E-state index in [0.29, 0.717) is 18.7 Å². The molecule has 7 nitrogen and oxygen atoms in total. The monoisotopic (exact) mass is 378 g/mol. The molecule has 4 atom stereocenters. The van der Waals surface area contributed by atoms with Crippen LogP contribution < -0.4 is 10.3 Å². The Morgan fingerprint density at radius 1 is 1.35 bits per heavy atom. The average Bonchev–Trinajstić information content (AvgIpc) is 3.02. The zero-order valence-electron chi connectivity index (χ0n) is 14.7. The van der Waals surface area contributed by atoms with Gasteiger partial charge in [-0.2, -0.15) is 0 Å². The number of fused-ring (bicyclic) bond motifs is 2. The number of aryl methyl sites for hydroxylation is 1. The molecule has 8 heteroatoms. The second kappa shape index (κ2) is 6.45. The molecule has 2 fully saturated rings. The van der Waals surface area contributed by atoms with Crippen molar-refractivity contribution in [2.75, 3.05) is 20.3 Å². The molecule has 1 aliphatic carbocycles. The minimum Gasteiger partial charge on any atom is -0.384 e. The van der Waals surface area contributed by atoms with Crippen LogP contribution in [0.15, 0.2) is 34.0 Å². The van der Waals surface area contributed by atoms with Gasteiger partial charge in [0.1, 0.15) is 0 Å². The van der Waals surface area contributed by atoms with E-state index in [0.717, 1.165) is 17.4 Å². The molecular formula is C18H22N2O5S. The van der Waals surface area contributed by atoms with Gasteiger partial charge in [0.15, 0.2) is 0 Å². The predicted octanol–water partition coefficient (Wildman–Crippen LogP) is 1.16. The second-order valence-electron chi connectivity index (χ2n) is 7.08. The van der Waals surface area contributed by atoms with Crippen LogP contribution in [0.3, 0.4) is 0 Å². The van der Waals surface area contributed by atoms with E-state index in [4.69, 9.17) is 9.47 Å². The number of rotatable bonds is 5. The summed E-state index contributed by atoms with van der Waals surface area (Å²) in [6.45, 7) is 2.92. The summed E-state index contributed by atoms with van der Waals surface area (Å²) in [5, 5.41) is 0.719. The van der Waals surface area contributed by atoms with E-state index in [1.54, 1.807) is 26.2 Å². The molecule has 2 heterocycles. The number of sulfonamides is 1. The fourth-order valence-electron chi connectivity index (χ4n) is 4.21. The molecule has 26 heavy (non-hydrogen) atoms.